The van der Waals surface area contributed by atoms with Crippen molar-refractivity contribution in [1.82, 2.24) is 4.98 Å². The maximum atomic E-state index is 6.50. The number of fused-ring (bicyclic) bond motifs is 1. The summed E-state index contributed by atoms with van der Waals surface area (Å²) in [5, 5.41) is 3.21. The Morgan fingerprint density at radius 2 is 1.63 bits per heavy atom. The van der Waals surface area contributed by atoms with E-state index >= 15 is 0 Å². The molecule has 2 heteroatoms. The zero-order chi connectivity index (χ0) is 13.1. The van der Waals surface area contributed by atoms with Gasteiger partial charge in [-0.2, -0.15) is 0 Å². The van der Waals surface area contributed by atoms with Gasteiger partial charge in [-0.3, -0.25) is 4.98 Å². The van der Waals surface area contributed by atoms with Crippen LogP contribution >= 0.6 is 11.6 Å². The lowest BCUT2D eigenvalue weighted by Gasteiger charge is -2.08. The van der Waals surface area contributed by atoms with Gasteiger partial charge < -0.3 is 0 Å². The summed E-state index contributed by atoms with van der Waals surface area (Å²) in [6, 6.07) is 16.6. The molecule has 0 aliphatic carbocycles. The van der Waals surface area contributed by atoms with E-state index in [1.165, 1.54) is 16.5 Å². The van der Waals surface area contributed by atoms with E-state index in [2.05, 4.69) is 41.4 Å². The summed E-state index contributed by atoms with van der Waals surface area (Å²) >= 11 is 6.50. The highest BCUT2D eigenvalue weighted by atomic mass is 35.5. The van der Waals surface area contributed by atoms with Crippen LogP contribution in [0, 0.1) is 0 Å². The predicted octanol–water partition coefficient (Wildman–Crippen LogP) is 4.67. The van der Waals surface area contributed by atoms with Crippen LogP contribution in [0.15, 0.2) is 60.9 Å². The number of halogens is 1. The Kier molecular flexibility index (Phi) is 3.47. The highest BCUT2D eigenvalue weighted by Crippen LogP contribution is 2.28. The minimum absolute atomic E-state index is 0.882. The maximum Gasteiger partial charge on any atom is 0.0516 e. The molecule has 0 N–H and O–H groups in total. The van der Waals surface area contributed by atoms with E-state index in [1.807, 2.05) is 24.5 Å². The third kappa shape index (κ3) is 2.61. The van der Waals surface area contributed by atoms with Crippen LogP contribution in [0.4, 0.5) is 0 Å². The summed E-state index contributed by atoms with van der Waals surface area (Å²) in [6.45, 7) is 0. The average Bonchev–Trinajstić information content (AvgIpc) is 2.48. The zero-order valence-corrected chi connectivity index (χ0v) is 11.3. The maximum absolute atomic E-state index is 6.50. The molecule has 0 saturated heterocycles. The lowest BCUT2D eigenvalue weighted by Crippen LogP contribution is -1.93. The van der Waals surface area contributed by atoms with Crippen LogP contribution < -0.4 is 0 Å². The fourth-order valence-corrected chi connectivity index (χ4v) is 2.63. The van der Waals surface area contributed by atoms with Gasteiger partial charge in [0.05, 0.1) is 5.02 Å². The quantitative estimate of drug-likeness (QED) is 0.672. The first-order chi connectivity index (χ1) is 9.34. The summed E-state index contributed by atoms with van der Waals surface area (Å²) in [5.74, 6) is 0. The van der Waals surface area contributed by atoms with Gasteiger partial charge in [0, 0.05) is 17.8 Å². The lowest BCUT2D eigenvalue weighted by molar-refractivity contribution is 0.957. The normalized spacial score (nSPS) is 10.8. The Morgan fingerprint density at radius 1 is 0.842 bits per heavy atom. The van der Waals surface area contributed by atoms with Gasteiger partial charge in [-0.1, -0.05) is 48.0 Å². The molecule has 3 rings (SSSR count). The predicted molar refractivity (Wildman–Crippen MR) is 80.6 cm³/mol. The molecule has 0 aliphatic heterocycles. The highest BCUT2D eigenvalue weighted by Gasteiger charge is 2.05. The van der Waals surface area contributed by atoms with Gasteiger partial charge in [0.15, 0.2) is 0 Å². The first kappa shape index (κ1) is 12.2. The van der Waals surface area contributed by atoms with Gasteiger partial charge in [0.1, 0.15) is 0 Å². The van der Waals surface area contributed by atoms with Crippen molar-refractivity contribution < 1.29 is 0 Å². The smallest absolute Gasteiger partial charge is 0.0516 e. The minimum Gasteiger partial charge on any atom is -0.265 e. The van der Waals surface area contributed by atoms with Crippen LogP contribution in [0.5, 0.6) is 0 Å². The van der Waals surface area contributed by atoms with Gasteiger partial charge in [-0.05, 0) is 41.5 Å². The van der Waals surface area contributed by atoms with E-state index in [0.29, 0.717) is 0 Å². The number of benzene rings is 2. The van der Waals surface area contributed by atoms with Crippen molar-refractivity contribution in [2.45, 2.75) is 12.8 Å². The average molecular weight is 268 g/mol. The molecule has 19 heavy (non-hydrogen) atoms. The molecular weight excluding hydrogens is 254 g/mol. The number of hydrogen-bond donors (Lipinski definition) is 0. The Balaban J connectivity index is 1.87. The van der Waals surface area contributed by atoms with Crippen LogP contribution in [0.3, 0.4) is 0 Å². The molecule has 1 heterocycles. The molecule has 1 nitrogen and oxygen atoms in total. The van der Waals surface area contributed by atoms with Crippen LogP contribution in [0.1, 0.15) is 11.1 Å². The molecule has 0 unspecified atom stereocenters. The van der Waals surface area contributed by atoms with Crippen LogP contribution in [-0.4, -0.2) is 4.98 Å². The van der Waals surface area contributed by atoms with Crippen molar-refractivity contribution in [3.63, 3.8) is 0 Å². The molecule has 1 aromatic heterocycles. The second kappa shape index (κ2) is 5.41. The number of pyridine rings is 1. The molecule has 3 aromatic rings. The molecular formula is C17H14ClN. The summed E-state index contributed by atoms with van der Waals surface area (Å²) < 4.78 is 0. The Labute approximate surface area is 117 Å². The van der Waals surface area contributed by atoms with Crippen molar-refractivity contribution in [1.29, 1.82) is 0 Å². The molecule has 0 bridgehead atoms. The first-order valence-electron chi connectivity index (χ1n) is 6.39. The van der Waals surface area contributed by atoms with Gasteiger partial charge in [-0.25, -0.2) is 0 Å². The van der Waals surface area contributed by atoms with E-state index in [4.69, 9.17) is 11.6 Å². The van der Waals surface area contributed by atoms with Gasteiger partial charge >= 0.3 is 0 Å². The van der Waals surface area contributed by atoms with Gasteiger partial charge in [0.2, 0.25) is 0 Å². The highest BCUT2D eigenvalue weighted by molar-refractivity contribution is 6.36. The monoisotopic (exact) mass is 267 g/mol. The number of hydrogen-bond acceptors (Lipinski definition) is 1. The number of aryl methyl sites for hydroxylation is 2. The van der Waals surface area contributed by atoms with Gasteiger partial charge in [-0.15, -0.1) is 0 Å². The van der Waals surface area contributed by atoms with Crippen LogP contribution in [0.2, 0.25) is 5.02 Å². The second-order valence-corrected chi connectivity index (χ2v) is 4.99. The topological polar surface area (TPSA) is 12.9 Å². The van der Waals surface area contributed by atoms with Crippen molar-refractivity contribution >= 4 is 22.4 Å². The van der Waals surface area contributed by atoms with Crippen LogP contribution in [0.25, 0.3) is 10.8 Å². The number of aromatic nitrogens is 1. The molecule has 0 amide bonds. The van der Waals surface area contributed by atoms with Crippen molar-refractivity contribution in [3.8, 4) is 0 Å². The number of nitrogens with zero attached hydrogens (tertiary/aromatic N) is 1. The third-order valence-electron chi connectivity index (χ3n) is 3.38. The molecule has 0 radical (unpaired) electrons. The zero-order valence-electron chi connectivity index (χ0n) is 10.5. The largest absolute Gasteiger partial charge is 0.265 e. The SMILES string of the molecule is Clc1c(CCc2ccncc2)ccc2ccccc12. The van der Waals surface area contributed by atoms with Gasteiger partial charge in [0.25, 0.3) is 0 Å². The Bertz CT molecular complexity index is 692. The van der Waals surface area contributed by atoms with E-state index < -0.39 is 0 Å². The first-order valence-corrected chi connectivity index (χ1v) is 6.77. The van der Waals surface area contributed by atoms with E-state index in [1.54, 1.807) is 0 Å². The van der Waals surface area contributed by atoms with Crippen LogP contribution in [-0.2, 0) is 12.8 Å². The molecule has 2 aromatic carbocycles. The second-order valence-electron chi connectivity index (χ2n) is 4.62. The summed E-state index contributed by atoms with van der Waals surface area (Å²) in [4.78, 5) is 4.03. The van der Waals surface area contributed by atoms with Crippen molar-refractivity contribution in [3.05, 3.63) is 77.1 Å². The fourth-order valence-electron chi connectivity index (χ4n) is 2.30. The summed E-state index contributed by atoms with van der Waals surface area (Å²) in [5.41, 5.74) is 2.50. The molecule has 0 fully saturated rings. The fraction of sp³-hybridized carbons (Fsp3) is 0.118. The molecule has 0 atom stereocenters. The standard InChI is InChI=1S/C17H14ClN/c18-17-15(6-5-13-9-11-19-12-10-13)8-7-14-3-1-2-4-16(14)17/h1-4,7-12H,5-6H2. The van der Waals surface area contributed by atoms with E-state index in [9.17, 15) is 0 Å². The van der Waals surface area contributed by atoms with Crippen molar-refractivity contribution in [2.24, 2.45) is 0 Å². The molecule has 0 spiro atoms. The number of rotatable bonds is 3. The summed E-state index contributed by atoms with van der Waals surface area (Å²) in [6.07, 6.45) is 5.60. The minimum atomic E-state index is 0.882. The summed E-state index contributed by atoms with van der Waals surface area (Å²) in [7, 11) is 0. The molecule has 94 valence electrons. The lowest BCUT2D eigenvalue weighted by atomic mass is 10.0. The Morgan fingerprint density at radius 3 is 2.47 bits per heavy atom. The van der Waals surface area contributed by atoms with E-state index in [-0.39, 0.29) is 0 Å². The molecule has 0 aliphatic rings. The molecule has 0 saturated carbocycles. The Hall–Kier alpha value is -1.86. The third-order valence-corrected chi connectivity index (χ3v) is 3.82. The van der Waals surface area contributed by atoms with Crippen molar-refractivity contribution in [2.75, 3.05) is 0 Å². The van der Waals surface area contributed by atoms with E-state index in [0.717, 1.165) is 23.3 Å².